The van der Waals surface area contributed by atoms with Gasteiger partial charge in [-0.3, -0.25) is 4.79 Å². The highest BCUT2D eigenvalue weighted by Crippen LogP contribution is 2.28. The van der Waals surface area contributed by atoms with E-state index in [0.29, 0.717) is 36.1 Å². The molecule has 0 bridgehead atoms. The van der Waals surface area contributed by atoms with Gasteiger partial charge in [-0.15, -0.1) is 0 Å². The first-order valence-electron chi connectivity index (χ1n) is 11.7. The Morgan fingerprint density at radius 1 is 0.941 bits per heavy atom. The molecule has 8 heteroatoms. The van der Waals surface area contributed by atoms with E-state index in [-0.39, 0.29) is 23.9 Å². The Balaban J connectivity index is 1.27. The lowest BCUT2D eigenvalue weighted by Crippen LogP contribution is -2.50. The number of fused-ring (bicyclic) bond motifs is 2. The Morgan fingerprint density at radius 3 is 2.44 bits per heavy atom. The van der Waals surface area contributed by atoms with Crippen molar-refractivity contribution >= 4 is 38.3 Å². The van der Waals surface area contributed by atoms with E-state index in [1.54, 1.807) is 29.2 Å². The molecular weight excluding hydrogens is 470 g/mol. The molecule has 1 fully saturated rings. The van der Waals surface area contributed by atoms with Gasteiger partial charge < -0.3 is 10.6 Å². The van der Waals surface area contributed by atoms with Crippen molar-refractivity contribution in [3.05, 3.63) is 76.3 Å². The molecule has 1 saturated heterocycles. The van der Waals surface area contributed by atoms with Gasteiger partial charge in [-0.05, 0) is 90.0 Å². The van der Waals surface area contributed by atoms with Crippen LogP contribution in [0.15, 0.2) is 59.5 Å². The molecule has 6 nitrogen and oxygen atoms in total. The molecule has 2 aliphatic rings. The van der Waals surface area contributed by atoms with E-state index in [1.807, 2.05) is 24.3 Å². The summed E-state index contributed by atoms with van der Waals surface area (Å²) in [7, 11) is -3.65. The first-order valence-corrected chi connectivity index (χ1v) is 13.5. The molecule has 0 spiro atoms. The van der Waals surface area contributed by atoms with Crippen LogP contribution < -0.4 is 5.73 Å². The molecule has 5 rings (SSSR count). The highest BCUT2D eigenvalue weighted by Gasteiger charge is 2.31. The van der Waals surface area contributed by atoms with Gasteiger partial charge in [0.15, 0.2) is 0 Å². The maximum atomic E-state index is 13.2. The fourth-order valence-corrected chi connectivity index (χ4v) is 6.62. The summed E-state index contributed by atoms with van der Waals surface area (Å²) in [6, 6.07) is 16.4. The van der Waals surface area contributed by atoms with Crippen LogP contribution in [-0.4, -0.2) is 56.3 Å². The van der Waals surface area contributed by atoms with Crippen LogP contribution in [0.5, 0.6) is 0 Å². The van der Waals surface area contributed by atoms with Crippen molar-refractivity contribution in [1.82, 2.24) is 9.21 Å². The molecular formula is C26H28ClN3O3S. The number of hydrogen-bond donors (Lipinski definition) is 1. The Labute approximate surface area is 205 Å². The van der Waals surface area contributed by atoms with Crippen molar-refractivity contribution in [2.45, 2.75) is 24.2 Å². The predicted octanol–water partition coefficient (Wildman–Crippen LogP) is 3.70. The van der Waals surface area contributed by atoms with Crippen LogP contribution in [0.1, 0.15) is 27.9 Å². The SMILES string of the molecule is NC[C@H]1CCc2cc(C(=O)N3CCN(S(=O)(=O)c4ccc5cc(Cl)ccc5c4)CC3)ccc2C1. The lowest BCUT2D eigenvalue weighted by atomic mass is 9.83. The number of nitrogens with two attached hydrogens (primary N) is 1. The van der Waals surface area contributed by atoms with Gasteiger partial charge in [0.25, 0.3) is 5.91 Å². The van der Waals surface area contributed by atoms with Gasteiger partial charge in [0.1, 0.15) is 0 Å². The summed E-state index contributed by atoms with van der Waals surface area (Å²) in [5.41, 5.74) is 9.02. The van der Waals surface area contributed by atoms with Crippen molar-refractivity contribution in [1.29, 1.82) is 0 Å². The summed E-state index contributed by atoms with van der Waals surface area (Å²) in [5.74, 6) is 0.480. The molecule has 1 aliphatic carbocycles. The zero-order valence-electron chi connectivity index (χ0n) is 18.9. The average molecular weight is 498 g/mol. The van der Waals surface area contributed by atoms with E-state index >= 15 is 0 Å². The predicted molar refractivity (Wildman–Crippen MR) is 135 cm³/mol. The minimum atomic E-state index is -3.65. The van der Waals surface area contributed by atoms with Crippen molar-refractivity contribution in [2.75, 3.05) is 32.7 Å². The van der Waals surface area contributed by atoms with Crippen LogP contribution in [0.3, 0.4) is 0 Å². The average Bonchev–Trinajstić information content (AvgIpc) is 2.87. The summed E-state index contributed by atoms with van der Waals surface area (Å²) in [6.45, 7) is 1.98. The van der Waals surface area contributed by atoms with E-state index in [2.05, 4.69) is 6.07 Å². The molecule has 1 amide bonds. The van der Waals surface area contributed by atoms with E-state index < -0.39 is 10.0 Å². The van der Waals surface area contributed by atoms with Gasteiger partial charge in [0, 0.05) is 36.8 Å². The zero-order valence-corrected chi connectivity index (χ0v) is 20.5. The second-order valence-electron chi connectivity index (χ2n) is 9.18. The van der Waals surface area contributed by atoms with Gasteiger partial charge in [-0.2, -0.15) is 4.31 Å². The third-order valence-electron chi connectivity index (χ3n) is 7.05. The summed E-state index contributed by atoms with van der Waals surface area (Å²) in [4.78, 5) is 15.1. The monoisotopic (exact) mass is 497 g/mol. The van der Waals surface area contributed by atoms with Crippen LogP contribution >= 0.6 is 11.6 Å². The molecule has 1 heterocycles. The molecule has 2 N–H and O–H groups in total. The molecule has 3 aromatic rings. The number of amides is 1. The van der Waals surface area contributed by atoms with Crippen molar-refractivity contribution in [2.24, 2.45) is 11.7 Å². The topological polar surface area (TPSA) is 83.7 Å². The number of piperazine rings is 1. The number of sulfonamides is 1. The maximum Gasteiger partial charge on any atom is 0.253 e. The quantitative estimate of drug-likeness (QED) is 0.595. The smallest absolute Gasteiger partial charge is 0.253 e. The minimum Gasteiger partial charge on any atom is -0.336 e. The first kappa shape index (κ1) is 23.3. The third-order valence-corrected chi connectivity index (χ3v) is 9.18. The molecule has 0 unspecified atom stereocenters. The van der Waals surface area contributed by atoms with E-state index in [1.165, 1.54) is 15.4 Å². The third kappa shape index (κ3) is 4.45. The number of benzene rings is 3. The minimum absolute atomic E-state index is 0.0385. The number of rotatable bonds is 4. The molecule has 0 aromatic heterocycles. The molecule has 0 saturated carbocycles. The van der Waals surface area contributed by atoms with Gasteiger partial charge in [-0.25, -0.2) is 8.42 Å². The Morgan fingerprint density at radius 2 is 1.68 bits per heavy atom. The summed E-state index contributed by atoms with van der Waals surface area (Å²) >= 11 is 6.04. The lowest BCUT2D eigenvalue weighted by molar-refractivity contribution is 0.0697. The van der Waals surface area contributed by atoms with Gasteiger partial charge in [0.05, 0.1) is 4.90 Å². The Hall–Kier alpha value is -2.45. The summed E-state index contributed by atoms with van der Waals surface area (Å²) < 4.78 is 28.0. The fraction of sp³-hybridized carbons (Fsp3) is 0.346. The van der Waals surface area contributed by atoms with Crippen LogP contribution in [-0.2, 0) is 22.9 Å². The Bertz CT molecular complexity index is 1350. The van der Waals surface area contributed by atoms with Crippen LogP contribution in [0.25, 0.3) is 10.8 Å². The van der Waals surface area contributed by atoms with Gasteiger partial charge >= 0.3 is 0 Å². The highest BCUT2D eigenvalue weighted by atomic mass is 35.5. The van der Waals surface area contributed by atoms with Crippen molar-refractivity contribution in [3.8, 4) is 0 Å². The van der Waals surface area contributed by atoms with Crippen LogP contribution in [0.2, 0.25) is 5.02 Å². The molecule has 0 radical (unpaired) electrons. The number of nitrogens with zero attached hydrogens (tertiary/aromatic N) is 2. The van der Waals surface area contributed by atoms with E-state index in [9.17, 15) is 13.2 Å². The molecule has 178 valence electrons. The molecule has 1 aliphatic heterocycles. The van der Waals surface area contributed by atoms with E-state index in [0.717, 1.165) is 30.0 Å². The van der Waals surface area contributed by atoms with Crippen LogP contribution in [0, 0.1) is 5.92 Å². The number of carbonyl (C=O) groups is 1. The summed E-state index contributed by atoms with van der Waals surface area (Å²) in [6.07, 6.45) is 2.97. The summed E-state index contributed by atoms with van der Waals surface area (Å²) in [5, 5.41) is 2.33. The van der Waals surface area contributed by atoms with Crippen molar-refractivity contribution < 1.29 is 13.2 Å². The number of aryl methyl sites for hydroxylation is 1. The molecule has 1 atom stereocenters. The Kier molecular flexibility index (Phi) is 6.37. The van der Waals surface area contributed by atoms with Crippen molar-refractivity contribution in [3.63, 3.8) is 0 Å². The van der Waals surface area contributed by atoms with Crippen LogP contribution in [0.4, 0.5) is 0 Å². The second-order valence-corrected chi connectivity index (χ2v) is 11.6. The van der Waals surface area contributed by atoms with Gasteiger partial charge in [0.2, 0.25) is 10.0 Å². The molecule has 34 heavy (non-hydrogen) atoms. The van der Waals surface area contributed by atoms with Gasteiger partial charge in [-0.1, -0.05) is 29.8 Å². The molecule has 3 aromatic carbocycles. The normalized spacial score (nSPS) is 19.2. The lowest BCUT2D eigenvalue weighted by Gasteiger charge is -2.34. The van der Waals surface area contributed by atoms with E-state index in [4.69, 9.17) is 17.3 Å². The highest BCUT2D eigenvalue weighted by molar-refractivity contribution is 7.89. The maximum absolute atomic E-state index is 13.2. The second kappa shape index (κ2) is 9.30. The number of carbonyl (C=O) groups excluding carboxylic acids is 1. The number of hydrogen-bond acceptors (Lipinski definition) is 4. The zero-order chi connectivity index (χ0) is 23.9. The largest absolute Gasteiger partial charge is 0.336 e. The first-order chi connectivity index (χ1) is 16.3. The number of halogens is 1. The fourth-order valence-electron chi connectivity index (χ4n) is 4.98. The standard InChI is InChI=1S/C26H28ClN3O3S/c27-24-7-5-22-16-25(8-6-21(22)15-24)34(32,33)30-11-9-29(10-12-30)26(31)23-4-3-19-13-18(17-28)1-2-20(19)14-23/h3-8,14-16,18H,1-2,9-13,17,28H2/t18-/m0/s1.